The van der Waals surface area contributed by atoms with Crippen LogP contribution < -0.4 is 10.1 Å². The summed E-state index contributed by atoms with van der Waals surface area (Å²) in [6, 6.07) is 6.72. The summed E-state index contributed by atoms with van der Waals surface area (Å²) in [5, 5.41) is 20.8. The zero-order valence-corrected chi connectivity index (χ0v) is 13.7. The summed E-state index contributed by atoms with van der Waals surface area (Å²) in [5.74, 6) is 0.573. The van der Waals surface area contributed by atoms with Crippen LogP contribution in [0.2, 0.25) is 5.02 Å². The van der Waals surface area contributed by atoms with Gasteiger partial charge < -0.3 is 15.2 Å². The van der Waals surface area contributed by atoms with Crippen LogP contribution in [-0.2, 0) is 0 Å². The van der Waals surface area contributed by atoms with Gasteiger partial charge in [0.05, 0.1) is 10.6 Å². The fourth-order valence-corrected chi connectivity index (χ4v) is 3.93. The maximum atomic E-state index is 11.0. The van der Waals surface area contributed by atoms with E-state index in [1.807, 2.05) is 33.8 Å². The molecule has 22 heavy (non-hydrogen) atoms. The number of carboxylic acid groups (broad SMARTS) is 1. The molecule has 0 unspecified atom stereocenters. The predicted octanol–water partition coefficient (Wildman–Crippen LogP) is 3.66. The monoisotopic (exact) mass is 322 g/mol. The number of halogens is 1. The minimum atomic E-state index is -1.04. The van der Waals surface area contributed by atoms with Crippen molar-refractivity contribution in [2.45, 2.75) is 39.8 Å². The van der Waals surface area contributed by atoms with Crippen molar-refractivity contribution in [2.24, 2.45) is 10.8 Å². The summed E-state index contributed by atoms with van der Waals surface area (Å²) >= 11 is 6.02. The lowest BCUT2D eigenvalue weighted by atomic mass is 9.49. The lowest BCUT2D eigenvalue weighted by Gasteiger charge is -2.62. The average Bonchev–Trinajstić information content (AvgIpc) is 2.41. The van der Waals surface area contributed by atoms with Crippen LogP contribution in [0.5, 0.6) is 5.75 Å². The van der Waals surface area contributed by atoms with Crippen LogP contribution in [0, 0.1) is 22.2 Å². The van der Waals surface area contributed by atoms with Crippen molar-refractivity contribution in [1.82, 2.24) is 5.32 Å². The van der Waals surface area contributed by atoms with Crippen molar-refractivity contribution < 1.29 is 14.6 Å². The molecule has 0 heterocycles. The van der Waals surface area contributed by atoms with Gasteiger partial charge in [-0.05, 0) is 12.1 Å². The fraction of sp³-hybridized carbons (Fsp3) is 0.500. The number of ether oxygens (including phenoxy) is 1. The van der Waals surface area contributed by atoms with Gasteiger partial charge in [-0.1, -0.05) is 39.3 Å². The second-order valence-corrected chi connectivity index (χ2v) is 7.18. The first kappa shape index (κ1) is 16.4. The Morgan fingerprint density at radius 1 is 1.36 bits per heavy atom. The molecule has 1 saturated carbocycles. The molecule has 0 bridgehead atoms. The Kier molecular flexibility index (Phi) is 4.01. The highest BCUT2D eigenvalue weighted by atomic mass is 35.5. The Bertz CT molecular complexity index is 633. The molecule has 1 aliphatic rings. The first-order chi connectivity index (χ1) is 10.1. The molecule has 0 saturated heterocycles. The number of hydrogen-bond acceptors (Lipinski definition) is 3. The van der Waals surface area contributed by atoms with Crippen molar-refractivity contribution in [2.75, 3.05) is 0 Å². The van der Waals surface area contributed by atoms with Gasteiger partial charge in [0.25, 0.3) is 0 Å². The number of rotatable bonds is 3. The van der Waals surface area contributed by atoms with Gasteiger partial charge in [-0.15, -0.1) is 0 Å². The van der Waals surface area contributed by atoms with Gasteiger partial charge in [-0.25, -0.2) is 4.79 Å². The minimum absolute atomic E-state index is 0.180. The van der Waals surface area contributed by atoms with E-state index in [2.05, 4.69) is 5.32 Å². The maximum Gasteiger partial charge on any atom is 0.404 e. The summed E-state index contributed by atoms with van der Waals surface area (Å²) in [7, 11) is 0. The van der Waals surface area contributed by atoms with Crippen LogP contribution >= 0.6 is 11.6 Å². The van der Waals surface area contributed by atoms with Crippen LogP contribution in [0.1, 0.15) is 33.3 Å². The molecule has 1 amide bonds. The topological polar surface area (TPSA) is 82.3 Å². The number of carbonyl (C=O) groups is 1. The van der Waals surface area contributed by atoms with E-state index in [-0.39, 0.29) is 23.0 Å². The van der Waals surface area contributed by atoms with Gasteiger partial charge in [-0.3, -0.25) is 0 Å². The van der Waals surface area contributed by atoms with E-state index in [9.17, 15) is 4.79 Å². The highest BCUT2D eigenvalue weighted by Gasteiger charge is 2.64. The molecular formula is C16H19ClN2O3. The zero-order valence-electron chi connectivity index (χ0n) is 13.0. The zero-order chi connectivity index (χ0) is 16.7. The largest absolute Gasteiger partial charge is 0.489 e. The maximum absolute atomic E-state index is 11.0. The molecule has 1 aromatic carbocycles. The van der Waals surface area contributed by atoms with E-state index in [0.29, 0.717) is 16.3 Å². The Morgan fingerprint density at radius 2 is 1.95 bits per heavy atom. The van der Waals surface area contributed by atoms with Crippen LogP contribution in [-0.4, -0.2) is 23.3 Å². The second kappa shape index (κ2) is 5.36. The standard InChI is InChI=1S/C16H19ClN2O3/c1-15(2)12(19-14(20)21)16(3,4)13(15)22-10-6-5-9(8-18)11(17)7-10/h5-7,12-13,19H,1-4H3,(H,20,21)/t12-,13-. The van der Waals surface area contributed by atoms with Crippen molar-refractivity contribution >= 4 is 17.7 Å². The molecule has 2 N–H and O–H groups in total. The lowest BCUT2D eigenvalue weighted by molar-refractivity contribution is -0.165. The third-order valence-corrected chi connectivity index (χ3v) is 4.73. The molecule has 1 aliphatic carbocycles. The molecule has 0 spiro atoms. The van der Waals surface area contributed by atoms with Gasteiger partial charge >= 0.3 is 6.09 Å². The molecular weight excluding hydrogens is 304 g/mol. The lowest BCUT2D eigenvalue weighted by Crippen LogP contribution is -2.74. The van der Waals surface area contributed by atoms with E-state index < -0.39 is 6.09 Å². The quantitative estimate of drug-likeness (QED) is 0.889. The van der Waals surface area contributed by atoms with Crippen LogP contribution in [0.15, 0.2) is 18.2 Å². The van der Waals surface area contributed by atoms with Crippen LogP contribution in [0.4, 0.5) is 4.79 Å². The molecule has 0 aromatic heterocycles. The highest BCUT2D eigenvalue weighted by Crippen LogP contribution is 2.55. The average molecular weight is 323 g/mol. The van der Waals surface area contributed by atoms with Crippen LogP contribution in [0.25, 0.3) is 0 Å². The van der Waals surface area contributed by atoms with Gasteiger partial charge in [0.1, 0.15) is 17.9 Å². The molecule has 2 rings (SSSR count). The molecule has 5 nitrogen and oxygen atoms in total. The number of nitrogens with zero attached hydrogens (tertiary/aromatic N) is 1. The van der Waals surface area contributed by atoms with Crippen molar-refractivity contribution in [3.63, 3.8) is 0 Å². The molecule has 0 atom stereocenters. The first-order valence-corrected chi connectivity index (χ1v) is 7.34. The summed E-state index contributed by atoms with van der Waals surface area (Å²) in [6.07, 6.45) is -1.22. The van der Waals surface area contributed by atoms with Crippen molar-refractivity contribution in [3.8, 4) is 11.8 Å². The summed E-state index contributed by atoms with van der Waals surface area (Å²) in [6.45, 7) is 7.87. The minimum Gasteiger partial charge on any atom is -0.489 e. The molecule has 6 heteroatoms. The van der Waals surface area contributed by atoms with E-state index in [1.54, 1.807) is 18.2 Å². The number of benzene rings is 1. The summed E-state index contributed by atoms with van der Waals surface area (Å²) in [5.41, 5.74) is -0.323. The highest BCUT2D eigenvalue weighted by molar-refractivity contribution is 6.31. The van der Waals surface area contributed by atoms with Gasteiger partial charge in [0.2, 0.25) is 0 Å². The number of nitriles is 1. The van der Waals surface area contributed by atoms with Crippen molar-refractivity contribution in [1.29, 1.82) is 5.26 Å². The van der Waals surface area contributed by atoms with E-state index in [0.717, 1.165) is 0 Å². The predicted molar refractivity (Wildman–Crippen MR) is 83.1 cm³/mol. The van der Waals surface area contributed by atoms with Gasteiger partial charge in [0.15, 0.2) is 0 Å². The first-order valence-electron chi connectivity index (χ1n) is 6.96. The van der Waals surface area contributed by atoms with Crippen molar-refractivity contribution in [3.05, 3.63) is 28.8 Å². The molecule has 118 valence electrons. The molecule has 0 aliphatic heterocycles. The number of nitrogens with one attached hydrogen (secondary N) is 1. The second-order valence-electron chi connectivity index (χ2n) is 6.78. The summed E-state index contributed by atoms with van der Waals surface area (Å²) in [4.78, 5) is 11.0. The van der Waals surface area contributed by atoms with Gasteiger partial charge in [0, 0.05) is 22.9 Å². The van der Waals surface area contributed by atoms with E-state index >= 15 is 0 Å². The Morgan fingerprint density at radius 3 is 2.41 bits per heavy atom. The number of hydrogen-bond donors (Lipinski definition) is 2. The molecule has 1 aromatic rings. The van der Waals surface area contributed by atoms with Gasteiger partial charge in [-0.2, -0.15) is 5.26 Å². The normalized spacial score (nSPS) is 24.7. The SMILES string of the molecule is CC1(C)[C@H](NC(=O)O)C(C)(C)[C@H]1Oc1ccc(C#N)c(Cl)c1. The smallest absolute Gasteiger partial charge is 0.404 e. The Hall–Kier alpha value is -1.93. The molecule has 1 fully saturated rings. The third-order valence-electron chi connectivity index (χ3n) is 4.42. The third kappa shape index (κ3) is 2.59. The fourth-order valence-electron chi connectivity index (χ4n) is 3.72. The van der Waals surface area contributed by atoms with E-state index in [1.165, 1.54) is 0 Å². The Labute approximate surface area is 134 Å². The van der Waals surface area contributed by atoms with Crippen LogP contribution in [0.3, 0.4) is 0 Å². The summed E-state index contributed by atoms with van der Waals surface area (Å²) < 4.78 is 6.05. The Balaban J connectivity index is 2.22. The number of amides is 1. The molecule has 0 radical (unpaired) electrons. The van der Waals surface area contributed by atoms with E-state index in [4.69, 9.17) is 26.7 Å².